The molecule has 0 unspecified atom stereocenters. The molecule has 0 amide bonds. The highest BCUT2D eigenvalue weighted by Crippen LogP contribution is 2.43. The lowest BCUT2D eigenvalue weighted by atomic mass is 10.1. The van der Waals surface area contributed by atoms with Crippen LogP contribution in [0.15, 0.2) is 71.8 Å². The Morgan fingerprint density at radius 3 is 2.56 bits per heavy atom. The van der Waals surface area contributed by atoms with E-state index in [1.54, 1.807) is 12.3 Å². The fourth-order valence-corrected chi connectivity index (χ4v) is 5.01. The van der Waals surface area contributed by atoms with Crippen LogP contribution in [0.1, 0.15) is 36.4 Å². The Hall–Kier alpha value is -2.49. The molecule has 4 aromatic rings. The van der Waals surface area contributed by atoms with Crippen LogP contribution in [0.5, 0.6) is 11.5 Å². The highest BCUT2D eigenvalue weighted by Gasteiger charge is 2.18. The zero-order valence-electron chi connectivity index (χ0n) is 20.0. The Morgan fingerprint density at radius 2 is 1.83 bits per heavy atom. The number of aryl methyl sites for hydroxylation is 2. The van der Waals surface area contributed by atoms with E-state index in [0.717, 1.165) is 20.1 Å². The molecule has 186 valence electrons. The molecule has 0 aliphatic rings. The van der Waals surface area contributed by atoms with Gasteiger partial charge in [-0.1, -0.05) is 52.7 Å². The van der Waals surface area contributed by atoms with Crippen LogP contribution in [0.4, 0.5) is 0 Å². The highest BCUT2D eigenvalue weighted by molar-refractivity contribution is 9.13. The van der Waals surface area contributed by atoms with Gasteiger partial charge in [0.25, 0.3) is 5.56 Å². The normalized spacial score (nSPS) is 11.4. The quantitative estimate of drug-likeness (QED) is 0.182. The number of aromatic nitrogens is 2. The Morgan fingerprint density at radius 1 is 1.03 bits per heavy atom. The first-order valence-corrected chi connectivity index (χ1v) is 13.8. The summed E-state index contributed by atoms with van der Waals surface area (Å²) in [5.41, 5.74) is 3.37. The van der Waals surface area contributed by atoms with E-state index in [-0.39, 0.29) is 5.56 Å². The molecule has 0 radical (unpaired) electrons. The monoisotopic (exact) mass is 675 g/mol. The molecular formula is C27H24Br3N3O3. The van der Waals surface area contributed by atoms with Gasteiger partial charge in [0, 0.05) is 20.9 Å². The van der Waals surface area contributed by atoms with Crippen LogP contribution in [0.2, 0.25) is 0 Å². The Kier molecular flexibility index (Phi) is 8.64. The lowest BCUT2D eigenvalue weighted by Crippen LogP contribution is -2.22. The number of nitrogens with zero attached hydrogens (tertiary/aromatic N) is 3. The van der Waals surface area contributed by atoms with E-state index in [9.17, 15) is 4.79 Å². The summed E-state index contributed by atoms with van der Waals surface area (Å²) < 4.78 is 15.6. The van der Waals surface area contributed by atoms with E-state index in [0.29, 0.717) is 52.3 Å². The second kappa shape index (κ2) is 11.7. The predicted octanol–water partition coefficient (Wildman–Crippen LogP) is 7.41. The van der Waals surface area contributed by atoms with Crippen molar-refractivity contribution in [2.24, 2.45) is 5.10 Å². The third kappa shape index (κ3) is 5.74. The summed E-state index contributed by atoms with van der Waals surface area (Å²) in [6, 6.07) is 15.5. The summed E-state index contributed by atoms with van der Waals surface area (Å²) in [4.78, 5) is 17.9. The molecule has 1 aromatic heterocycles. The fourth-order valence-electron chi connectivity index (χ4n) is 3.72. The van der Waals surface area contributed by atoms with Crippen molar-refractivity contribution in [3.8, 4) is 11.5 Å². The second-order valence-electron chi connectivity index (χ2n) is 8.04. The SMILES string of the molecule is CCOc1cc(C=Nn2c(CC)nc3ccc(Br)cc3c2=O)c(Br)c(Br)c1OCc1cccc(C)c1. The molecule has 0 saturated heterocycles. The van der Waals surface area contributed by atoms with Crippen LogP contribution in [0.25, 0.3) is 10.9 Å². The summed E-state index contributed by atoms with van der Waals surface area (Å²) in [6.45, 7) is 6.77. The van der Waals surface area contributed by atoms with Crippen molar-refractivity contribution in [1.29, 1.82) is 0 Å². The maximum absolute atomic E-state index is 13.2. The van der Waals surface area contributed by atoms with E-state index >= 15 is 0 Å². The molecule has 0 N–H and O–H groups in total. The molecule has 9 heteroatoms. The third-order valence-corrected chi connectivity index (χ3v) is 8.06. The summed E-state index contributed by atoms with van der Waals surface area (Å²) in [7, 11) is 0. The smallest absolute Gasteiger partial charge is 0.282 e. The number of benzene rings is 3. The van der Waals surface area contributed by atoms with Crippen LogP contribution < -0.4 is 15.0 Å². The minimum absolute atomic E-state index is 0.229. The predicted molar refractivity (Wildman–Crippen MR) is 155 cm³/mol. The topological polar surface area (TPSA) is 65.7 Å². The van der Waals surface area contributed by atoms with Gasteiger partial charge in [-0.3, -0.25) is 4.79 Å². The van der Waals surface area contributed by atoms with Crippen molar-refractivity contribution in [2.45, 2.75) is 33.8 Å². The van der Waals surface area contributed by atoms with Gasteiger partial charge in [0.15, 0.2) is 11.5 Å². The zero-order valence-corrected chi connectivity index (χ0v) is 24.8. The van der Waals surface area contributed by atoms with Crippen molar-refractivity contribution in [3.63, 3.8) is 0 Å². The Labute approximate surface area is 234 Å². The molecule has 0 bridgehead atoms. The third-order valence-electron chi connectivity index (χ3n) is 5.43. The summed E-state index contributed by atoms with van der Waals surface area (Å²) in [6.07, 6.45) is 2.17. The van der Waals surface area contributed by atoms with Crippen LogP contribution >= 0.6 is 47.8 Å². The van der Waals surface area contributed by atoms with Gasteiger partial charge in [-0.05, 0) is 75.5 Å². The van der Waals surface area contributed by atoms with Crippen LogP contribution in [0.3, 0.4) is 0 Å². The number of halogens is 3. The van der Waals surface area contributed by atoms with Crippen molar-refractivity contribution >= 4 is 64.9 Å². The van der Waals surface area contributed by atoms with Gasteiger partial charge in [0.1, 0.15) is 12.4 Å². The second-order valence-corrected chi connectivity index (χ2v) is 10.5. The number of fused-ring (bicyclic) bond motifs is 1. The number of hydrogen-bond acceptors (Lipinski definition) is 5. The zero-order chi connectivity index (χ0) is 25.8. The highest BCUT2D eigenvalue weighted by atomic mass is 79.9. The van der Waals surface area contributed by atoms with E-state index in [4.69, 9.17) is 9.47 Å². The van der Waals surface area contributed by atoms with E-state index in [1.807, 2.05) is 44.2 Å². The number of hydrogen-bond donors (Lipinski definition) is 0. The molecule has 36 heavy (non-hydrogen) atoms. The van der Waals surface area contributed by atoms with Crippen LogP contribution in [-0.4, -0.2) is 22.5 Å². The molecule has 4 rings (SSSR count). The number of rotatable bonds is 8. The first kappa shape index (κ1) is 26.6. The van der Waals surface area contributed by atoms with Crippen molar-refractivity contribution in [3.05, 3.63) is 94.8 Å². The maximum atomic E-state index is 13.2. The Balaban J connectivity index is 1.73. The average Bonchev–Trinajstić information content (AvgIpc) is 2.86. The van der Waals surface area contributed by atoms with Gasteiger partial charge in [0.05, 0.1) is 28.2 Å². The molecule has 0 fully saturated rings. The van der Waals surface area contributed by atoms with Crippen LogP contribution in [0, 0.1) is 6.92 Å². The lowest BCUT2D eigenvalue weighted by Gasteiger charge is -2.16. The van der Waals surface area contributed by atoms with Gasteiger partial charge in [0.2, 0.25) is 0 Å². The molecule has 0 saturated carbocycles. The van der Waals surface area contributed by atoms with E-state index in [2.05, 4.69) is 76.9 Å². The summed E-state index contributed by atoms with van der Waals surface area (Å²) >= 11 is 10.7. The Bertz CT molecular complexity index is 1520. The standard InChI is InChI=1S/C27H24Br3N3O3/c1-4-23-32-21-10-9-19(28)13-20(21)27(34)33(23)31-14-18-12-22(35-5-2)26(25(30)24(18)29)36-15-17-8-6-7-16(3)11-17/h6-14H,4-5,15H2,1-3H3. The van der Waals surface area contributed by atoms with Gasteiger partial charge in [-0.15, -0.1) is 0 Å². The summed E-state index contributed by atoms with van der Waals surface area (Å²) in [5.74, 6) is 1.74. The van der Waals surface area contributed by atoms with Gasteiger partial charge in [-0.2, -0.15) is 9.78 Å². The molecule has 1 heterocycles. The van der Waals surface area contributed by atoms with E-state index < -0.39 is 0 Å². The maximum Gasteiger partial charge on any atom is 0.282 e. The van der Waals surface area contributed by atoms with Gasteiger partial charge in [-0.25, -0.2) is 4.98 Å². The van der Waals surface area contributed by atoms with Crippen molar-refractivity contribution in [1.82, 2.24) is 9.66 Å². The van der Waals surface area contributed by atoms with Crippen LogP contribution in [-0.2, 0) is 13.0 Å². The molecular weight excluding hydrogens is 654 g/mol. The molecule has 3 aromatic carbocycles. The molecule has 0 aliphatic carbocycles. The minimum atomic E-state index is -0.229. The summed E-state index contributed by atoms with van der Waals surface area (Å²) in [5, 5.41) is 5.01. The van der Waals surface area contributed by atoms with E-state index in [1.165, 1.54) is 10.2 Å². The lowest BCUT2D eigenvalue weighted by molar-refractivity contribution is 0.267. The first-order valence-electron chi connectivity index (χ1n) is 11.4. The largest absolute Gasteiger partial charge is 0.490 e. The molecule has 0 spiro atoms. The molecule has 0 atom stereocenters. The fraction of sp³-hybridized carbons (Fsp3) is 0.222. The first-order chi connectivity index (χ1) is 17.3. The van der Waals surface area contributed by atoms with Gasteiger partial charge >= 0.3 is 0 Å². The van der Waals surface area contributed by atoms with Crippen molar-refractivity contribution < 1.29 is 9.47 Å². The molecule has 0 aliphatic heterocycles. The average molecular weight is 678 g/mol. The minimum Gasteiger partial charge on any atom is -0.490 e. The number of ether oxygens (including phenoxy) is 2. The van der Waals surface area contributed by atoms with Gasteiger partial charge < -0.3 is 9.47 Å². The van der Waals surface area contributed by atoms with Crippen molar-refractivity contribution in [2.75, 3.05) is 6.61 Å². The molecule has 6 nitrogen and oxygen atoms in total.